The lowest BCUT2D eigenvalue weighted by atomic mass is 9.98. The smallest absolute Gasteiger partial charge is 0.409 e. The van der Waals surface area contributed by atoms with Gasteiger partial charge < -0.3 is 38.1 Å². The zero-order valence-corrected chi connectivity index (χ0v) is 33.2. The molecule has 1 aliphatic rings. The first-order valence-electron chi connectivity index (χ1n) is 20.7. The Balaban J connectivity index is 0.980. The molecule has 0 saturated heterocycles. The van der Waals surface area contributed by atoms with E-state index in [4.69, 9.17) is 33.2 Å². The predicted molar refractivity (Wildman–Crippen MR) is 213 cm³/mol. The summed E-state index contributed by atoms with van der Waals surface area (Å²) >= 11 is 0. The third kappa shape index (κ3) is 20.1. The topological polar surface area (TPSA) is 84.9 Å². The third-order valence-electron chi connectivity index (χ3n) is 9.72. The van der Waals surface area contributed by atoms with Gasteiger partial charge in [-0.15, -0.1) is 0 Å². The van der Waals surface area contributed by atoms with Crippen LogP contribution >= 0.6 is 0 Å². The van der Waals surface area contributed by atoms with Gasteiger partial charge in [0.25, 0.3) is 0 Å². The number of fused-ring (bicyclic) bond motifs is 3. The highest BCUT2D eigenvalue weighted by Crippen LogP contribution is 2.44. The maximum absolute atomic E-state index is 12.6. The average molecular weight is 742 g/mol. The van der Waals surface area contributed by atoms with Crippen LogP contribution in [0.15, 0.2) is 48.5 Å². The number of benzene rings is 2. The molecule has 0 atom stereocenters. The van der Waals surface area contributed by atoms with E-state index in [-0.39, 0.29) is 12.0 Å². The highest BCUT2D eigenvalue weighted by Gasteiger charge is 2.29. The van der Waals surface area contributed by atoms with Crippen molar-refractivity contribution in [1.82, 2.24) is 4.90 Å². The largest absolute Gasteiger partial charge is 0.448 e. The Morgan fingerprint density at radius 2 is 0.849 bits per heavy atom. The predicted octanol–water partition coefficient (Wildman–Crippen LogP) is 9.45. The molecule has 300 valence electrons. The Hall–Kier alpha value is -2.53. The average Bonchev–Trinajstić information content (AvgIpc) is 3.50. The van der Waals surface area contributed by atoms with Crippen molar-refractivity contribution < 1.29 is 38.0 Å². The van der Waals surface area contributed by atoms with Crippen molar-refractivity contribution in [2.75, 3.05) is 99.5 Å². The van der Waals surface area contributed by atoms with Crippen LogP contribution < -0.4 is 0 Å². The van der Waals surface area contributed by atoms with E-state index < -0.39 is 0 Å². The molecule has 0 N–H and O–H groups in total. The minimum Gasteiger partial charge on any atom is -0.448 e. The Morgan fingerprint density at radius 3 is 1.28 bits per heavy atom. The van der Waals surface area contributed by atoms with Crippen molar-refractivity contribution in [3.05, 3.63) is 59.7 Å². The first-order chi connectivity index (χ1) is 26.2. The second-order valence-electron chi connectivity index (χ2n) is 14.0. The van der Waals surface area contributed by atoms with Crippen molar-refractivity contribution in [1.29, 1.82) is 0 Å². The van der Waals surface area contributed by atoms with Crippen LogP contribution in [-0.2, 0) is 33.2 Å². The fraction of sp³-hybridized carbons (Fsp3) is 0.705. The minimum atomic E-state index is -0.351. The molecule has 9 nitrogen and oxygen atoms in total. The first-order valence-corrected chi connectivity index (χ1v) is 20.7. The Morgan fingerprint density at radius 1 is 0.491 bits per heavy atom. The number of carbonyl (C=O) groups excluding carboxylic acids is 1. The van der Waals surface area contributed by atoms with E-state index in [0.717, 1.165) is 13.0 Å². The van der Waals surface area contributed by atoms with E-state index in [1.54, 1.807) is 11.9 Å². The van der Waals surface area contributed by atoms with Crippen LogP contribution in [0, 0.1) is 0 Å². The summed E-state index contributed by atoms with van der Waals surface area (Å²) in [6, 6.07) is 16.7. The molecule has 0 unspecified atom stereocenters. The van der Waals surface area contributed by atoms with Gasteiger partial charge in [-0.05, 0) is 28.7 Å². The van der Waals surface area contributed by atoms with Gasteiger partial charge in [-0.1, -0.05) is 139 Å². The lowest BCUT2D eigenvalue weighted by molar-refractivity contribution is -0.0174. The molecule has 1 aliphatic carbocycles. The highest BCUT2D eigenvalue weighted by atomic mass is 16.6. The number of ether oxygens (including phenoxy) is 7. The summed E-state index contributed by atoms with van der Waals surface area (Å²) < 4.78 is 39.3. The molecule has 3 rings (SSSR count). The fourth-order valence-electron chi connectivity index (χ4n) is 6.60. The number of hydrogen-bond acceptors (Lipinski definition) is 8. The summed E-state index contributed by atoms with van der Waals surface area (Å²) in [5.74, 6) is 0.0493. The van der Waals surface area contributed by atoms with Crippen molar-refractivity contribution in [2.24, 2.45) is 0 Å². The second-order valence-corrected chi connectivity index (χ2v) is 14.0. The number of likely N-dealkylation sites (N-methyl/N-ethyl adjacent to an activating group) is 1. The minimum absolute atomic E-state index is 0.0493. The van der Waals surface area contributed by atoms with Crippen LogP contribution in [0.5, 0.6) is 0 Å². The van der Waals surface area contributed by atoms with Gasteiger partial charge in [0.05, 0.1) is 72.7 Å². The summed E-state index contributed by atoms with van der Waals surface area (Å²) in [6.07, 6.45) is 18.9. The van der Waals surface area contributed by atoms with E-state index in [0.29, 0.717) is 85.8 Å². The molecule has 0 spiro atoms. The molecule has 9 heteroatoms. The number of unbranched alkanes of at least 4 members (excludes halogenated alkanes) is 13. The van der Waals surface area contributed by atoms with Gasteiger partial charge in [-0.25, -0.2) is 4.79 Å². The quantitative estimate of drug-likeness (QED) is 0.0647. The Labute approximate surface area is 321 Å². The molecule has 0 heterocycles. The molecular weight excluding hydrogens is 670 g/mol. The Kier molecular flexibility index (Phi) is 26.0. The van der Waals surface area contributed by atoms with E-state index in [1.165, 1.54) is 106 Å². The van der Waals surface area contributed by atoms with Crippen LogP contribution in [-0.4, -0.2) is 110 Å². The highest BCUT2D eigenvalue weighted by molar-refractivity contribution is 5.79. The van der Waals surface area contributed by atoms with Gasteiger partial charge in [-0.3, -0.25) is 0 Å². The Bertz CT molecular complexity index is 1130. The second kappa shape index (κ2) is 30.8. The number of nitrogens with zero attached hydrogens (tertiary/aromatic N) is 1. The van der Waals surface area contributed by atoms with E-state index in [1.807, 2.05) is 24.3 Å². The van der Waals surface area contributed by atoms with Gasteiger partial charge in [0, 0.05) is 26.1 Å². The number of hydrogen-bond donors (Lipinski definition) is 0. The lowest BCUT2D eigenvalue weighted by Gasteiger charge is -2.19. The van der Waals surface area contributed by atoms with Gasteiger partial charge in [0.2, 0.25) is 0 Å². The summed E-state index contributed by atoms with van der Waals surface area (Å²) in [6.45, 7) is 9.59. The molecular formula is C44H71NO8. The summed E-state index contributed by atoms with van der Waals surface area (Å²) in [5.41, 5.74) is 4.84. The van der Waals surface area contributed by atoms with Crippen molar-refractivity contribution in [3.8, 4) is 11.1 Å². The van der Waals surface area contributed by atoms with E-state index >= 15 is 0 Å². The molecule has 0 bridgehead atoms. The monoisotopic (exact) mass is 742 g/mol. The van der Waals surface area contributed by atoms with Crippen molar-refractivity contribution >= 4 is 6.09 Å². The van der Waals surface area contributed by atoms with Gasteiger partial charge in [0.1, 0.15) is 6.61 Å². The summed E-state index contributed by atoms with van der Waals surface area (Å²) in [7, 11) is 1.73. The lowest BCUT2D eigenvalue weighted by Crippen LogP contribution is -2.32. The van der Waals surface area contributed by atoms with Gasteiger partial charge >= 0.3 is 6.09 Å². The molecule has 2 aromatic rings. The maximum Gasteiger partial charge on any atom is 0.409 e. The van der Waals surface area contributed by atoms with E-state index in [2.05, 4.69) is 31.2 Å². The van der Waals surface area contributed by atoms with Crippen LogP contribution in [0.3, 0.4) is 0 Å². The molecule has 0 aromatic heterocycles. The standard InChI is InChI=1S/C44H71NO8/c1-3-4-5-6-7-8-9-10-11-12-13-14-15-20-26-47-28-30-49-32-34-51-36-37-52-35-33-50-31-29-48-27-25-45(2)44(46)53-38-43-41-23-18-16-21-39(41)40-22-17-19-24-42(40)43/h16-19,21-24,43H,3-15,20,25-38H2,1-2H3. The van der Waals surface area contributed by atoms with Crippen LogP contribution in [0.2, 0.25) is 0 Å². The van der Waals surface area contributed by atoms with Crippen molar-refractivity contribution in [3.63, 3.8) is 0 Å². The summed E-state index contributed by atoms with van der Waals surface area (Å²) in [5, 5.41) is 0. The third-order valence-corrected chi connectivity index (χ3v) is 9.72. The van der Waals surface area contributed by atoms with E-state index in [9.17, 15) is 4.79 Å². The first kappa shape index (κ1) is 44.9. The molecule has 0 saturated carbocycles. The molecule has 0 radical (unpaired) electrons. The van der Waals surface area contributed by atoms with Crippen molar-refractivity contribution in [2.45, 2.75) is 103 Å². The van der Waals surface area contributed by atoms with Crippen LogP contribution in [0.25, 0.3) is 11.1 Å². The SMILES string of the molecule is CCCCCCCCCCCCCCCCOCCOCCOCCOCCOCCOCCN(C)C(=O)OCC1c2ccccc2-c2ccccc21. The van der Waals surface area contributed by atoms with Crippen LogP contribution in [0.4, 0.5) is 4.79 Å². The molecule has 2 aromatic carbocycles. The van der Waals surface area contributed by atoms with Gasteiger partial charge in [0.15, 0.2) is 0 Å². The molecule has 0 fully saturated rings. The van der Waals surface area contributed by atoms with Crippen LogP contribution in [0.1, 0.15) is 114 Å². The zero-order valence-electron chi connectivity index (χ0n) is 33.2. The fourth-order valence-corrected chi connectivity index (χ4v) is 6.60. The molecule has 1 amide bonds. The molecule has 53 heavy (non-hydrogen) atoms. The number of rotatable bonds is 35. The zero-order chi connectivity index (χ0) is 37.4. The number of carbonyl (C=O) groups is 1. The maximum atomic E-state index is 12.6. The van der Waals surface area contributed by atoms with Gasteiger partial charge in [-0.2, -0.15) is 0 Å². The molecule has 0 aliphatic heterocycles. The normalized spacial score (nSPS) is 12.3. The summed E-state index contributed by atoms with van der Waals surface area (Å²) in [4.78, 5) is 14.2. The number of amides is 1.